The molecule has 2 aliphatic rings. The molecule has 21 heavy (non-hydrogen) atoms. The van der Waals surface area contributed by atoms with Gasteiger partial charge < -0.3 is 14.9 Å². The molecule has 6 nitrogen and oxygen atoms in total. The van der Waals surface area contributed by atoms with Crippen molar-refractivity contribution < 1.29 is 9.90 Å². The number of aromatic nitrogens is 2. The Morgan fingerprint density at radius 1 is 1.19 bits per heavy atom. The lowest BCUT2D eigenvalue weighted by atomic mass is 10.0. The van der Waals surface area contributed by atoms with E-state index in [0.717, 1.165) is 30.9 Å². The van der Waals surface area contributed by atoms with Gasteiger partial charge in [0.25, 0.3) is 0 Å². The Morgan fingerprint density at radius 3 is 2.43 bits per heavy atom. The summed E-state index contributed by atoms with van der Waals surface area (Å²) in [5, 5.41) is 14.1. The third kappa shape index (κ3) is 2.47. The molecule has 1 amide bonds. The molecule has 0 spiro atoms. The normalized spacial score (nSPS) is 19.0. The average Bonchev–Trinajstić information content (AvgIpc) is 3.03. The topological polar surface area (TPSA) is 61.6 Å². The number of nitrogens with zero attached hydrogens (tertiary/aromatic N) is 4. The van der Waals surface area contributed by atoms with E-state index in [1.165, 1.54) is 23.4 Å². The fourth-order valence-corrected chi connectivity index (χ4v) is 3.30. The quantitative estimate of drug-likeness (QED) is 0.862. The predicted molar refractivity (Wildman–Crippen MR) is 80.8 cm³/mol. The van der Waals surface area contributed by atoms with Crippen LogP contribution in [0.25, 0.3) is 0 Å². The maximum atomic E-state index is 11.3. The molecule has 6 heteroatoms. The molecule has 0 unspecified atom stereocenters. The van der Waals surface area contributed by atoms with Gasteiger partial charge in [0.2, 0.25) is 0 Å². The molecule has 0 radical (unpaired) electrons. The van der Waals surface area contributed by atoms with Gasteiger partial charge in [0, 0.05) is 37.3 Å². The molecule has 0 aromatic carbocycles. The summed E-state index contributed by atoms with van der Waals surface area (Å²) in [6, 6.07) is 0. The standard InChI is InChI=1S/C15H24N4O2/c1-15(2,3)19-12-6-9-18(14(20)21)10-11(12)13(16-19)17-7-4-5-8-17/h4-10H2,1-3H3,(H,20,21). The fraction of sp³-hybridized carbons (Fsp3) is 0.733. The van der Waals surface area contributed by atoms with Crippen LogP contribution in [0.4, 0.5) is 10.6 Å². The van der Waals surface area contributed by atoms with Crippen LogP contribution in [0.2, 0.25) is 0 Å². The Balaban J connectivity index is 2.04. The van der Waals surface area contributed by atoms with Crippen LogP contribution in [-0.4, -0.2) is 45.5 Å². The van der Waals surface area contributed by atoms with E-state index in [1.54, 1.807) is 0 Å². The third-order valence-electron chi connectivity index (χ3n) is 4.35. The van der Waals surface area contributed by atoms with E-state index in [0.29, 0.717) is 13.1 Å². The zero-order valence-corrected chi connectivity index (χ0v) is 13.1. The van der Waals surface area contributed by atoms with Gasteiger partial charge in [0.1, 0.15) is 0 Å². The number of carboxylic acid groups (broad SMARTS) is 1. The Kier molecular flexibility index (Phi) is 3.34. The van der Waals surface area contributed by atoms with Crippen molar-refractivity contribution in [2.45, 2.75) is 52.1 Å². The monoisotopic (exact) mass is 292 g/mol. The highest BCUT2D eigenvalue weighted by molar-refractivity contribution is 5.66. The number of fused-ring (bicyclic) bond motifs is 1. The SMILES string of the molecule is CC(C)(C)n1nc(N2CCCC2)c2c1CCN(C(=O)O)C2. The Bertz CT molecular complexity index is 553. The first-order chi connectivity index (χ1) is 9.88. The van der Waals surface area contributed by atoms with Crippen LogP contribution in [-0.2, 0) is 18.5 Å². The number of rotatable bonds is 1. The minimum absolute atomic E-state index is 0.0759. The fourth-order valence-electron chi connectivity index (χ4n) is 3.30. The van der Waals surface area contributed by atoms with Crippen LogP contribution in [0.5, 0.6) is 0 Å². The molecule has 1 saturated heterocycles. The Labute approximate surface area is 125 Å². The number of amides is 1. The minimum Gasteiger partial charge on any atom is -0.465 e. The first kappa shape index (κ1) is 14.2. The summed E-state index contributed by atoms with van der Waals surface area (Å²) in [5.74, 6) is 1.00. The highest BCUT2D eigenvalue weighted by Crippen LogP contribution is 2.33. The molecule has 1 N–H and O–H groups in total. The summed E-state index contributed by atoms with van der Waals surface area (Å²) in [6.45, 7) is 9.53. The van der Waals surface area contributed by atoms with Crippen LogP contribution >= 0.6 is 0 Å². The summed E-state index contributed by atoms with van der Waals surface area (Å²) in [4.78, 5) is 15.1. The molecule has 3 heterocycles. The zero-order valence-electron chi connectivity index (χ0n) is 13.1. The lowest BCUT2D eigenvalue weighted by Crippen LogP contribution is -2.37. The van der Waals surface area contributed by atoms with Crippen molar-refractivity contribution in [3.8, 4) is 0 Å². The second-order valence-corrected chi connectivity index (χ2v) is 6.98. The Hall–Kier alpha value is -1.72. The van der Waals surface area contributed by atoms with Crippen molar-refractivity contribution in [1.82, 2.24) is 14.7 Å². The van der Waals surface area contributed by atoms with E-state index in [9.17, 15) is 9.90 Å². The molecule has 0 atom stereocenters. The lowest BCUT2D eigenvalue weighted by molar-refractivity contribution is 0.139. The maximum absolute atomic E-state index is 11.3. The van der Waals surface area contributed by atoms with Crippen LogP contribution in [0.1, 0.15) is 44.9 Å². The summed E-state index contributed by atoms with van der Waals surface area (Å²) >= 11 is 0. The van der Waals surface area contributed by atoms with Crippen LogP contribution < -0.4 is 4.90 Å². The molecule has 2 aliphatic heterocycles. The molecular weight excluding hydrogens is 268 g/mol. The van der Waals surface area contributed by atoms with E-state index >= 15 is 0 Å². The van der Waals surface area contributed by atoms with E-state index in [1.807, 2.05) is 0 Å². The van der Waals surface area contributed by atoms with Gasteiger partial charge in [0.15, 0.2) is 5.82 Å². The number of hydrogen-bond donors (Lipinski definition) is 1. The highest BCUT2D eigenvalue weighted by atomic mass is 16.4. The van der Waals surface area contributed by atoms with Gasteiger partial charge in [-0.15, -0.1) is 0 Å². The van der Waals surface area contributed by atoms with E-state index < -0.39 is 6.09 Å². The maximum Gasteiger partial charge on any atom is 0.407 e. The van der Waals surface area contributed by atoms with E-state index in [4.69, 9.17) is 5.10 Å². The lowest BCUT2D eigenvalue weighted by Gasteiger charge is -2.28. The largest absolute Gasteiger partial charge is 0.465 e. The van der Waals surface area contributed by atoms with Crippen LogP contribution in [0, 0.1) is 0 Å². The molecular formula is C15H24N4O2. The molecule has 1 fully saturated rings. The van der Waals surface area contributed by atoms with Gasteiger partial charge in [-0.2, -0.15) is 5.10 Å². The van der Waals surface area contributed by atoms with Crippen molar-refractivity contribution in [2.24, 2.45) is 0 Å². The Morgan fingerprint density at radius 2 is 1.86 bits per heavy atom. The molecule has 0 saturated carbocycles. The van der Waals surface area contributed by atoms with Gasteiger partial charge in [-0.3, -0.25) is 4.68 Å². The van der Waals surface area contributed by atoms with Gasteiger partial charge in [-0.25, -0.2) is 4.79 Å². The van der Waals surface area contributed by atoms with Crippen LogP contribution in [0.3, 0.4) is 0 Å². The van der Waals surface area contributed by atoms with Gasteiger partial charge in [-0.1, -0.05) is 0 Å². The summed E-state index contributed by atoms with van der Waals surface area (Å²) in [6.07, 6.45) is 2.30. The van der Waals surface area contributed by atoms with Gasteiger partial charge >= 0.3 is 6.09 Å². The van der Waals surface area contributed by atoms with Crippen molar-refractivity contribution in [2.75, 3.05) is 24.5 Å². The third-order valence-corrected chi connectivity index (χ3v) is 4.35. The second-order valence-electron chi connectivity index (χ2n) is 6.98. The molecule has 1 aromatic rings. The van der Waals surface area contributed by atoms with Crippen molar-refractivity contribution in [3.05, 3.63) is 11.3 Å². The summed E-state index contributed by atoms with van der Waals surface area (Å²) < 4.78 is 2.11. The smallest absolute Gasteiger partial charge is 0.407 e. The first-order valence-electron chi connectivity index (χ1n) is 7.72. The second kappa shape index (κ2) is 4.93. The molecule has 3 rings (SSSR count). The van der Waals surface area contributed by atoms with Gasteiger partial charge in [-0.05, 0) is 33.6 Å². The van der Waals surface area contributed by atoms with E-state index in [2.05, 4.69) is 30.4 Å². The summed E-state index contributed by atoms with van der Waals surface area (Å²) in [7, 11) is 0. The van der Waals surface area contributed by atoms with E-state index in [-0.39, 0.29) is 5.54 Å². The number of anilines is 1. The van der Waals surface area contributed by atoms with Crippen molar-refractivity contribution in [1.29, 1.82) is 0 Å². The molecule has 1 aromatic heterocycles. The van der Waals surface area contributed by atoms with Gasteiger partial charge in [0.05, 0.1) is 12.1 Å². The summed E-state index contributed by atoms with van der Waals surface area (Å²) in [5.41, 5.74) is 2.25. The number of carbonyl (C=O) groups is 1. The minimum atomic E-state index is -0.837. The predicted octanol–water partition coefficient (Wildman–Crippen LogP) is 2.27. The van der Waals surface area contributed by atoms with Crippen molar-refractivity contribution >= 4 is 11.9 Å². The molecule has 0 aliphatic carbocycles. The zero-order chi connectivity index (χ0) is 15.2. The van der Waals surface area contributed by atoms with Crippen LogP contribution in [0.15, 0.2) is 0 Å². The average molecular weight is 292 g/mol. The highest BCUT2D eigenvalue weighted by Gasteiger charge is 2.33. The van der Waals surface area contributed by atoms with Crippen molar-refractivity contribution in [3.63, 3.8) is 0 Å². The molecule has 0 bridgehead atoms. The first-order valence-corrected chi connectivity index (χ1v) is 7.72. The number of hydrogen-bond acceptors (Lipinski definition) is 3. The molecule has 116 valence electrons.